The molecule has 4 nitrogen and oxygen atoms in total. The van der Waals surface area contributed by atoms with Crippen LogP contribution in [0.2, 0.25) is 0 Å². The van der Waals surface area contributed by atoms with E-state index in [4.69, 9.17) is 5.73 Å². The summed E-state index contributed by atoms with van der Waals surface area (Å²) in [4.78, 5) is 13.5. The normalized spacial score (nSPS) is 10.7. The van der Waals surface area contributed by atoms with Crippen molar-refractivity contribution in [3.8, 4) is 0 Å². The molecule has 0 rings (SSSR count). The zero-order valence-corrected chi connectivity index (χ0v) is 10.1. The smallest absolute Gasteiger partial charge is 0.234 e. The van der Waals surface area contributed by atoms with Crippen molar-refractivity contribution in [3.05, 3.63) is 0 Å². The lowest BCUT2D eigenvalue weighted by atomic mass is 10.2. The van der Waals surface area contributed by atoms with Crippen LogP contribution < -0.4 is 11.1 Å². The largest absolute Gasteiger partial charge is 0.355 e. The van der Waals surface area contributed by atoms with Gasteiger partial charge in [-0.05, 0) is 39.4 Å². The summed E-state index contributed by atoms with van der Waals surface area (Å²) in [5.41, 5.74) is 5.42. The van der Waals surface area contributed by atoms with E-state index < -0.39 is 0 Å². The van der Waals surface area contributed by atoms with Crippen LogP contribution in [0.25, 0.3) is 0 Å². The number of likely N-dealkylation sites (N-methyl/N-ethyl adjacent to an activating group) is 2. The van der Waals surface area contributed by atoms with E-state index in [0.29, 0.717) is 13.1 Å². The topological polar surface area (TPSA) is 58.4 Å². The molecule has 0 saturated heterocycles. The van der Waals surface area contributed by atoms with Crippen molar-refractivity contribution in [3.63, 3.8) is 0 Å². The van der Waals surface area contributed by atoms with Crippen LogP contribution in [-0.4, -0.2) is 43.5 Å². The molecule has 90 valence electrons. The third kappa shape index (κ3) is 8.39. The van der Waals surface area contributed by atoms with E-state index in [0.717, 1.165) is 38.9 Å². The van der Waals surface area contributed by atoms with E-state index in [2.05, 4.69) is 17.1 Å². The maximum absolute atomic E-state index is 11.3. The molecule has 0 atom stereocenters. The number of rotatable bonds is 9. The Morgan fingerprint density at radius 3 is 2.53 bits per heavy atom. The lowest BCUT2D eigenvalue weighted by molar-refractivity contribution is -0.122. The highest BCUT2D eigenvalue weighted by Crippen LogP contribution is 1.97. The maximum atomic E-state index is 11.3. The summed E-state index contributed by atoms with van der Waals surface area (Å²) < 4.78 is 0. The van der Waals surface area contributed by atoms with E-state index in [1.807, 2.05) is 6.92 Å². The number of hydrogen-bond donors (Lipinski definition) is 2. The predicted molar refractivity (Wildman–Crippen MR) is 63.7 cm³/mol. The summed E-state index contributed by atoms with van der Waals surface area (Å²) in [6.07, 6.45) is 3.37. The van der Waals surface area contributed by atoms with Crippen LogP contribution in [0.3, 0.4) is 0 Å². The second-order valence-electron chi connectivity index (χ2n) is 3.67. The minimum atomic E-state index is 0.123. The minimum absolute atomic E-state index is 0.123. The van der Waals surface area contributed by atoms with Crippen LogP contribution in [0, 0.1) is 0 Å². The molecule has 0 aromatic heterocycles. The molecule has 3 N–H and O–H groups in total. The molecule has 0 bridgehead atoms. The Labute approximate surface area is 93.2 Å². The van der Waals surface area contributed by atoms with Crippen molar-refractivity contribution in [2.45, 2.75) is 33.1 Å². The number of amides is 1. The molecule has 15 heavy (non-hydrogen) atoms. The highest BCUT2D eigenvalue weighted by molar-refractivity contribution is 5.77. The Kier molecular flexibility index (Phi) is 9.52. The average Bonchev–Trinajstić information content (AvgIpc) is 2.23. The molecule has 1 amide bonds. The molecule has 0 aliphatic rings. The second kappa shape index (κ2) is 9.93. The monoisotopic (exact) mass is 215 g/mol. The molecule has 0 aromatic carbocycles. The van der Waals surface area contributed by atoms with E-state index in [-0.39, 0.29) is 5.91 Å². The number of hydrogen-bond acceptors (Lipinski definition) is 3. The molecule has 0 aromatic rings. The molecule has 0 saturated carbocycles. The Morgan fingerprint density at radius 1 is 1.27 bits per heavy atom. The van der Waals surface area contributed by atoms with Crippen molar-refractivity contribution in [2.24, 2.45) is 5.73 Å². The number of nitrogens with two attached hydrogens (primary N) is 1. The molecule has 0 spiro atoms. The Bertz CT molecular complexity index is 162. The third-order valence-corrected chi connectivity index (χ3v) is 2.37. The Balaban J connectivity index is 3.58. The standard InChI is InChI=1S/C11H25N3O/c1-3-13-11(15)10-14(4-2)9-7-5-6-8-12/h3-10,12H2,1-2H3,(H,13,15). The van der Waals surface area contributed by atoms with Crippen molar-refractivity contribution in [1.82, 2.24) is 10.2 Å². The van der Waals surface area contributed by atoms with Gasteiger partial charge < -0.3 is 11.1 Å². The first-order valence-electron chi connectivity index (χ1n) is 5.93. The van der Waals surface area contributed by atoms with Crippen LogP contribution in [0.1, 0.15) is 33.1 Å². The maximum Gasteiger partial charge on any atom is 0.234 e. The predicted octanol–water partition coefficient (Wildman–Crippen LogP) is 0.573. The van der Waals surface area contributed by atoms with Crippen molar-refractivity contribution in [1.29, 1.82) is 0 Å². The highest BCUT2D eigenvalue weighted by atomic mass is 16.2. The lowest BCUT2D eigenvalue weighted by Crippen LogP contribution is -2.37. The average molecular weight is 215 g/mol. The molecule has 0 aliphatic carbocycles. The van der Waals surface area contributed by atoms with Crippen molar-refractivity contribution >= 4 is 5.91 Å². The van der Waals surface area contributed by atoms with Crippen LogP contribution in [-0.2, 0) is 4.79 Å². The van der Waals surface area contributed by atoms with Crippen LogP contribution in [0.15, 0.2) is 0 Å². The van der Waals surface area contributed by atoms with E-state index >= 15 is 0 Å². The number of carbonyl (C=O) groups is 1. The van der Waals surface area contributed by atoms with Gasteiger partial charge in [0.15, 0.2) is 0 Å². The van der Waals surface area contributed by atoms with Crippen LogP contribution in [0.4, 0.5) is 0 Å². The first kappa shape index (κ1) is 14.4. The van der Waals surface area contributed by atoms with E-state index in [1.165, 1.54) is 0 Å². The van der Waals surface area contributed by atoms with Gasteiger partial charge in [-0.2, -0.15) is 0 Å². The molecular formula is C11H25N3O. The van der Waals surface area contributed by atoms with Gasteiger partial charge >= 0.3 is 0 Å². The first-order chi connectivity index (χ1) is 7.24. The summed E-state index contributed by atoms with van der Waals surface area (Å²) in [7, 11) is 0. The van der Waals surface area contributed by atoms with Crippen LogP contribution >= 0.6 is 0 Å². The molecule has 0 unspecified atom stereocenters. The molecular weight excluding hydrogens is 190 g/mol. The molecule has 0 heterocycles. The van der Waals surface area contributed by atoms with Gasteiger partial charge in [-0.15, -0.1) is 0 Å². The minimum Gasteiger partial charge on any atom is -0.355 e. The van der Waals surface area contributed by atoms with Gasteiger partial charge in [-0.3, -0.25) is 9.69 Å². The van der Waals surface area contributed by atoms with Crippen molar-refractivity contribution < 1.29 is 4.79 Å². The summed E-state index contributed by atoms with van der Waals surface area (Å²) >= 11 is 0. The fourth-order valence-electron chi connectivity index (χ4n) is 1.46. The lowest BCUT2D eigenvalue weighted by Gasteiger charge is -2.19. The van der Waals surface area contributed by atoms with Gasteiger partial charge in [0.25, 0.3) is 0 Å². The molecule has 0 radical (unpaired) electrons. The van der Waals surface area contributed by atoms with E-state index in [9.17, 15) is 4.79 Å². The fourth-order valence-corrected chi connectivity index (χ4v) is 1.46. The van der Waals surface area contributed by atoms with Gasteiger partial charge in [-0.25, -0.2) is 0 Å². The van der Waals surface area contributed by atoms with Crippen molar-refractivity contribution in [2.75, 3.05) is 32.7 Å². The van der Waals surface area contributed by atoms with Gasteiger partial charge in [0.1, 0.15) is 0 Å². The number of nitrogens with zero attached hydrogens (tertiary/aromatic N) is 1. The third-order valence-electron chi connectivity index (χ3n) is 2.37. The molecule has 0 fully saturated rings. The number of nitrogens with one attached hydrogen (secondary N) is 1. The SMILES string of the molecule is CCNC(=O)CN(CC)CCCCCN. The fraction of sp³-hybridized carbons (Fsp3) is 0.909. The van der Waals surface area contributed by atoms with Gasteiger partial charge in [-0.1, -0.05) is 13.3 Å². The summed E-state index contributed by atoms with van der Waals surface area (Å²) in [6, 6.07) is 0. The summed E-state index contributed by atoms with van der Waals surface area (Å²) in [6.45, 7) is 7.95. The first-order valence-corrected chi connectivity index (χ1v) is 5.93. The van der Waals surface area contributed by atoms with Gasteiger partial charge in [0.05, 0.1) is 6.54 Å². The Morgan fingerprint density at radius 2 is 2.00 bits per heavy atom. The Hall–Kier alpha value is -0.610. The van der Waals surface area contributed by atoms with Gasteiger partial charge in [0, 0.05) is 6.54 Å². The second-order valence-corrected chi connectivity index (χ2v) is 3.67. The molecule has 4 heteroatoms. The highest BCUT2D eigenvalue weighted by Gasteiger charge is 2.06. The zero-order valence-electron chi connectivity index (χ0n) is 10.1. The quantitative estimate of drug-likeness (QED) is 0.553. The van der Waals surface area contributed by atoms with Gasteiger partial charge in [0.2, 0.25) is 5.91 Å². The van der Waals surface area contributed by atoms with E-state index in [1.54, 1.807) is 0 Å². The summed E-state index contributed by atoms with van der Waals surface area (Å²) in [5.74, 6) is 0.123. The summed E-state index contributed by atoms with van der Waals surface area (Å²) in [5, 5.41) is 2.81. The molecule has 0 aliphatic heterocycles. The van der Waals surface area contributed by atoms with Crippen LogP contribution in [0.5, 0.6) is 0 Å². The zero-order chi connectivity index (χ0) is 11.5. The number of carbonyl (C=O) groups excluding carboxylic acids is 1. The number of unbranched alkanes of at least 4 members (excludes halogenated alkanes) is 2.